The van der Waals surface area contributed by atoms with Crippen molar-refractivity contribution in [2.45, 2.75) is 19.9 Å². The number of ether oxygens (including phenoxy) is 2. The second-order valence-corrected chi connectivity index (χ2v) is 4.35. The summed E-state index contributed by atoms with van der Waals surface area (Å²) in [6.07, 6.45) is 0.693. The van der Waals surface area contributed by atoms with Crippen LogP contribution in [0.3, 0.4) is 0 Å². The monoisotopic (exact) mass is 250 g/mol. The van der Waals surface area contributed by atoms with Crippen LogP contribution in [0.15, 0.2) is 18.2 Å². The molecule has 2 rings (SSSR count). The van der Waals surface area contributed by atoms with Gasteiger partial charge in [-0.3, -0.25) is 4.79 Å². The van der Waals surface area contributed by atoms with Gasteiger partial charge in [0, 0.05) is 18.0 Å². The molecular formula is C13H18N2O3. The highest BCUT2D eigenvalue weighted by atomic mass is 16.7. The molecule has 5 nitrogen and oxygen atoms in total. The molecule has 1 aliphatic rings. The van der Waals surface area contributed by atoms with Crippen LogP contribution in [-0.2, 0) is 11.3 Å². The van der Waals surface area contributed by atoms with Crippen LogP contribution in [0.25, 0.3) is 0 Å². The molecule has 1 aromatic carbocycles. The highest BCUT2D eigenvalue weighted by molar-refractivity contribution is 5.78. The number of rotatable bonds is 5. The van der Waals surface area contributed by atoms with Crippen LogP contribution in [0, 0.1) is 5.92 Å². The third kappa shape index (κ3) is 2.73. The Balaban J connectivity index is 1.95. The van der Waals surface area contributed by atoms with Crippen molar-refractivity contribution >= 4 is 5.91 Å². The number of hydrogen-bond donors (Lipinski definition) is 2. The normalized spacial score (nSPS) is 14.3. The Hall–Kier alpha value is -1.75. The number of nitrogens with two attached hydrogens (primary N) is 1. The molecule has 1 atom stereocenters. The summed E-state index contributed by atoms with van der Waals surface area (Å²) in [6, 6.07) is 5.66. The van der Waals surface area contributed by atoms with Gasteiger partial charge >= 0.3 is 0 Å². The molecule has 1 heterocycles. The van der Waals surface area contributed by atoms with Crippen molar-refractivity contribution in [2.75, 3.05) is 13.3 Å². The molecule has 1 aromatic rings. The highest BCUT2D eigenvalue weighted by Gasteiger charge is 2.18. The first kappa shape index (κ1) is 12.7. The van der Waals surface area contributed by atoms with Gasteiger partial charge in [0.25, 0.3) is 0 Å². The lowest BCUT2D eigenvalue weighted by molar-refractivity contribution is -0.124. The predicted octanol–water partition coefficient (Wildman–Crippen LogP) is 1.02. The van der Waals surface area contributed by atoms with Gasteiger partial charge in [-0.1, -0.05) is 19.1 Å². The van der Waals surface area contributed by atoms with Crippen LogP contribution >= 0.6 is 0 Å². The van der Waals surface area contributed by atoms with Crippen molar-refractivity contribution in [1.82, 2.24) is 5.32 Å². The van der Waals surface area contributed by atoms with Gasteiger partial charge < -0.3 is 20.5 Å². The second-order valence-electron chi connectivity index (χ2n) is 4.35. The minimum Gasteiger partial charge on any atom is -0.454 e. The molecule has 1 amide bonds. The van der Waals surface area contributed by atoms with Crippen molar-refractivity contribution < 1.29 is 14.3 Å². The van der Waals surface area contributed by atoms with Gasteiger partial charge in [-0.05, 0) is 19.0 Å². The van der Waals surface area contributed by atoms with Crippen LogP contribution in [0.1, 0.15) is 18.9 Å². The summed E-state index contributed by atoms with van der Waals surface area (Å²) < 4.78 is 10.7. The summed E-state index contributed by atoms with van der Waals surface area (Å²) >= 11 is 0. The van der Waals surface area contributed by atoms with E-state index in [0.717, 1.165) is 17.1 Å². The number of carbonyl (C=O) groups excluding carboxylic acids is 1. The standard InChI is InChI=1S/C13H18N2O3/c1-9(5-6-14)13(16)15-7-10-3-2-4-11-12(10)18-8-17-11/h2-4,9H,5-8,14H2,1H3,(H,15,16). The number of para-hydroxylation sites is 1. The van der Waals surface area contributed by atoms with Gasteiger partial charge in [0.05, 0.1) is 0 Å². The molecule has 1 aliphatic heterocycles. The summed E-state index contributed by atoms with van der Waals surface area (Å²) in [6.45, 7) is 3.08. The number of benzene rings is 1. The van der Waals surface area contributed by atoms with E-state index in [2.05, 4.69) is 5.32 Å². The minimum absolute atomic E-state index is 0.0111. The van der Waals surface area contributed by atoms with Gasteiger partial charge in [0.2, 0.25) is 12.7 Å². The van der Waals surface area contributed by atoms with Gasteiger partial charge in [-0.25, -0.2) is 0 Å². The van der Waals surface area contributed by atoms with Crippen LogP contribution in [0.2, 0.25) is 0 Å². The van der Waals surface area contributed by atoms with E-state index >= 15 is 0 Å². The van der Waals surface area contributed by atoms with E-state index in [-0.39, 0.29) is 18.6 Å². The third-order valence-corrected chi connectivity index (χ3v) is 2.98. The third-order valence-electron chi connectivity index (χ3n) is 2.98. The average molecular weight is 250 g/mol. The van der Waals surface area contributed by atoms with Crippen molar-refractivity contribution in [2.24, 2.45) is 11.7 Å². The van der Waals surface area contributed by atoms with Crippen molar-refractivity contribution in [3.8, 4) is 11.5 Å². The fourth-order valence-electron chi connectivity index (χ4n) is 1.87. The van der Waals surface area contributed by atoms with Gasteiger partial charge in [0.1, 0.15) is 0 Å². The molecule has 0 spiro atoms. The maximum Gasteiger partial charge on any atom is 0.231 e. The molecule has 0 aromatic heterocycles. The maximum absolute atomic E-state index is 11.8. The summed E-state index contributed by atoms with van der Waals surface area (Å²) in [5.41, 5.74) is 6.36. The Morgan fingerprint density at radius 2 is 2.33 bits per heavy atom. The summed E-state index contributed by atoms with van der Waals surface area (Å²) in [5, 5.41) is 2.88. The average Bonchev–Trinajstić information content (AvgIpc) is 2.84. The zero-order valence-corrected chi connectivity index (χ0v) is 10.4. The Kier molecular flexibility index (Phi) is 4.04. The molecule has 0 saturated heterocycles. The number of amides is 1. The van der Waals surface area contributed by atoms with E-state index in [1.807, 2.05) is 25.1 Å². The molecule has 5 heteroatoms. The van der Waals surface area contributed by atoms with Crippen molar-refractivity contribution in [1.29, 1.82) is 0 Å². The lowest BCUT2D eigenvalue weighted by Crippen LogP contribution is -2.30. The molecule has 0 fully saturated rings. The van der Waals surface area contributed by atoms with Crippen LogP contribution in [0.4, 0.5) is 0 Å². The van der Waals surface area contributed by atoms with E-state index < -0.39 is 0 Å². The molecule has 0 radical (unpaired) electrons. The first-order chi connectivity index (χ1) is 8.72. The maximum atomic E-state index is 11.8. The Morgan fingerprint density at radius 3 is 3.11 bits per heavy atom. The molecule has 1 unspecified atom stereocenters. The number of fused-ring (bicyclic) bond motifs is 1. The van der Waals surface area contributed by atoms with Gasteiger partial charge in [-0.15, -0.1) is 0 Å². The zero-order chi connectivity index (χ0) is 13.0. The fraction of sp³-hybridized carbons (Fsp3) is 0.462. The van der Waals surface area contributed by atoms with E-state index in [0.29, 0.717) is 19.5 Å². The minimum atomic E-state index is -0.0658. The van der Waals surface area contributed by atoms with E-state index in [4.69, 9.17) is 15.2 Å². The predicted molar refractivity (Wildman–Crippen MR) is 67.2 cm³/mol. The van der Waals surface area contributed by atoms with E-state index in [1.54, 1.807) is 0 Å². The second kappa shape index (κ2) is 5.73. The molecule has 0 aliphatic carbocycles. The topological polar surface area (TPSA) is 73.6 Å². The molecule has 98 valence electrons. The Bertz CT molecular complexity index is 434. The van der Waals surface area contributed by atoms with Crippen LogP contribution < -0.4 is 20.5 Å². The quantitative estimate of drug-likeness (QED) is 0.818. The number of hydrogen-bond acceptors (Lipinski definition) is 4. The highest BCUT2D eigenvalue weighted by Crippen LogP contribution is 2.35. The molecule has 3 N–H and O–H groups in total. The zero-order valence-electron chi connectivity index (χ0n) is 10.4. The first-order valence-electron chi connectivity index (χ1n) is 6.07. The molecule has 18 heavy (non-hydrogen) atoms. The van der Waals surface area contributed by atoms with Crippen molar-refractivity contribution in [3.05, 3.63) is 23.8 Å². The summed E-state index contributed by atoms with van der Waals surface area (Å²) in [4.78, 5) is 11.8. The summed E-state index contributed by atoms with van der Waals surface area (Å²) in [7, 11) is 0. The largest absolute Gasteiger partial charge is 0.454 e. The van der Waals surface area contributed by atoms with E-state index in [1.165, 1.54) is 0 Å². The number of carbonyl (C=O) groups is 1. The van der Waals surface area contributed by atoms with Crippen molar-refractivity contribution in [3.63, 3.8) is 0 Å². The van der Waals surface area contributed by atoms with Gasteiger partial charge in [-0.2, -0.15) is 0 Å². The smallest absolute Gasteiger partial charge is 0.231 e. The number of nitrogens with one attached hydrogen (secondary N) is 1. The SMILES string of the molecule is CC(CCN)C(=O)NCc1cccc2c1OCO2. The first-order valence-corrected chi connectivity index (χ1v) is 6.07. The molecule has 0 saturated carbocycles. The lowest BCUT2D eigenvalue weighted by atomic mass is 10.1. The van der Waals surface area contributed by atoms with E-state index in [9.17, 15) is 4.79 Å². The Morgan fingerprint density at radius 1 is 1.50 bits per heavy atom. The summed E-state index contributed by atoms with van der Waals surface area (Å²) in [5.74, 6) is 1.40. The van der Waals surface area contributed by atoms with Crippen LogP contribution in [0.5, 0.6) is 11.5 Å². The van der Waals surface area contributed by atoms with Gasteiger partial charge in [0.15, 0.2) is 11.5 Å². The lowest BCUT2D eigenvalue weighted by Gasteiger charge is -2.12. The molecule has 0 bridgehead atoms. The van der Waals surface area contributed by atoms with Crippen LogP contribution in [-0.4, -0.2) is 19.2 Å². The Labute approximate surface area is 106 Å². The fourth-order valence-corrected chi connectivity index (χ4v) is 1.87. The molecular weight excluding hydrogens is 232 g/mol.